The Morgan fingerprint density at radius 1 is 1.08 bits per heavy atom. The number of unbranched alkanes of at least 4 members (excludes halogenated alkanes) is 4. The monoisotopic (exact) mass is 545 g/mol. The van der Waals surface area contributed by atoms with Crippen LogP contribution in [0.5, 0.6) is 0 Å². The lowest BCUT2D eigenvalue weighted by molar-refractivity contribution is -0.553. The van der Waals surface area contributed by atoms with Crippen LogP contribution in [0.3, 0.4) is 0 Å². The lowest BCUT2D eigenvalue weighted by atomic mass is 9.83. The van der Waals surface area contributed by atoms with Gasteiger partial charge in [-0.15, -0.1) is 5.43 Å². The number of benzene rings is 1. The number of allylic oxidation sites excluding steroid dienone is 1. The number of aliphatic imine (C=N–C) groups is 1. The molecule has 1 fully saturated rings. The van der Waals surface area contributed by atoms with Crippen molar-refractivity contribution in [1.82, 2.24) is 5.43 Å². The largest absolute Gasteiger partial charge is 0.378 e. The first-order valence-corrected chi connectivity index (χ1v) is 15.6. The molecule has 224 valence electrons. The van der Waals surface area contributed by atoms with E-state index in [1.165, 1.54) is 37.0 Å². The lowest BCUT2D eigenvalue weighted by Gasteiger charge is -2.30. The van der Waals surface area contributed by atoms with Crippen LogP contribution in [-0.4, -0.2) is 29.5 Å². The van der Waals surface area contributed by atoms with Gasteiger partial charge in [-0.25, -0.2) is 10.1 Å². The van der Waals surface area contributed by atoms with Crippen LogP contribution in [-0.2, 0) is 4.74 Å². The number of nitrogens with zero attached hydrogens (tertiary/aromatic N) is 2. The summed E-state index contributed by atoms with van der Waals surface area (Å²) < 4.78 is 6.16. The van der Waals surface area contributed by atoms with Crippen molar-refractivity contribution in [2.75, 3.05) is 6.61 Å². The Hall–Kier alpha value is -2.21. The van der Waals surface area contributed by atoms with Gasteiger partial charge < -0.3 is 4.74 Å². The summed E-state index contributed by atoms with van der Waals surface area (Å²) in [4.78, 5) is 15.1. The first kappa shape index (κ1) is 36.8. The average molecular weight is 546 g/mol. The molecule has 0 spiro atoms. The summed E-state index contributed by atoms with van der Waals surface area (Å²) in [6.07, 6.45) is 17.6. The molecule has 39 heavy (non-hydrogen) atoms. The van der Waals surface area contributed by atoms with E-state index in [2.05, 4.69) is 68.4 Å². The van der Waals surface area contributed by atoms with E-state index in [1.54, 1.807) is 0 Å². The first-order chi connectivity index (χ1) is 18.9. The minimum absolute atomic E-state index is 0.113. The maximum atomic E-state index is 10.9. The highest BCUT2D eigenvalue weighted by Crippen LogP contribution is 2.34. The fourth-order valence-corrected chi connectivity index (χ4v) is 4.79. The van der Waals surface area contributed by atoms with Crippen molar-refractivity contribution in [3.63, 3.8) is 0 Å². The Balaban J connectivity index is 0.00000101. The molecule has 0 bridgehead atoms. The molecule has 0 amide bonds. The van der Waals surface area contributed by atoms with Crippen LogP contribution in [0.2, 0.25) is 0 Å². The molecule has 0 saturated heterocycles. The summed E-state index contributed by atoms with van der Waals surface area (Å²) in [5.41, 5.74) is 5.19. The number of ether oxygens (including phenoxy) is 1. The molecule has 6 nitrogen and oxygen atoms in total. The maximum absolute atomic E-state index is 10.9. The quantitative estimate of drug-likeness (QED) is 0.0970. The highest BCUT2D eigenvalue weighted by atomic mass is 16.7. The molecular formula is C33H59N3O3. The molecule has 0 aromatic heterocycles. The summed E-state index contributed by atoms with van der Waals surface area (Å²) in [5, 5.41) is 10.5. The second-order valence-electron chi connectivity index (χ2n) is 10.5. The predicted octanol–water partition coefficient (Wildman–Crippen LogP) is 9.68. The summed E-state index contributed by atoms with van der Waals surface area (Å²) in [6.45, 7) is 15.1. The molecule has 0 radical (unpaired) electrons. The SMILES string of the molecule is C/C=C\N=C(C)CCCC.CC.CCCCCCC(N[N+](=O)[O-])C(C)COC1CCC(c2ccccc2)CC1. The molecule has 1 N–H and O–H groups in total. The van der Waals surface area contributed by atoms with Crippen molar-refractivity contribution in [2.24, 2.45) is 10.9 Å². The highest BCUT2D eigenvalue weighted by molar-refractivity contribution is 5.82. The van der Waals surface area contributed by atoms with Gasteiger partial charge in [0, 0.05) is 17.8 Å². The number of nitrogens with one attached hydrogen (secondary N) is 1. The van der Waals surface area contributed by atoms with E-state index in [9.17, 15) is 10.1 Å². The molecule has 0 heterocycles. The summed E-state index contributed by atoms with van der Waals surface area (Å²) in [6, 6.07) is 10.6. The third kappa shape index (κ3) is 18.7. The molecule has 1 aliphatic carbocycles. The summed E-state index contributed by atoms with van der Waals surface area (Å²) in [5.74, 6) is 0.787. The van der Waals surface area contributed by atoms with Crippen LogP contribution < -0.4 is 5.43 Å². The van der Waals surface area contributed by atoms with Crippen molar-refractivity contribution in [3.8, 4) is 0 Å². The smallest absolute Gasteiger partial charge is 0.157 e. The van der Waals surface area contributed by atoms with Crippen LogP contribution in [0.15, 0.2) is 47.6 Å². The third-order valence-corrected chi connectivity index (χ3v) is 7.20. The second-order valence-corrected chi connectivity index (χ2v) is 10.5. The van der Waals surface area contributed by atoms with Gasteiger partial charge in [0.05, 0.1) is 18.8 Å². The molecule has 1 aromatic rings. The minimum atomic E-state index is -0.397. The van der Waals surface area contributed by atoms with E-state index >= 15 is 0 Å². The Morgan fingerprint density at radius 2 is 1.72 bits per heavy atom. The van der Waals surface area contributed by atoms with Crippen molar-refractivity contribution in [1.29, 1.82) is 0 Å². The van der Waals surface area contributed by atoms with Gasteiger partial charge in [0.2, 0.25) is 0 Å². The van der Waals surface area contributed by atoms with Crippen molar-refractivity contribution in [3.05, 3.63) is 58.3 Å². The zero-order valence-corrected chi connectivity index (χ0v) is 26.2. The Kier molecular flexibility index (Phi) is 23.4. The van der Waals surface area contributed by atoms with Gasteiger partial charge >= 0.3 is 0 Å². The molecule has 6 heteroatoms. The number of hydrazine groups is 1. The van der Waals surface area contributed by atoms with Gasteiger partial charge in [0.25, 0.3) is 0 Å². The van der Waals surface area contributed by atoms with Crippen LogP contribution >= 0.6 is 0 Å². The standard InChI is InChI=1S/C22H36N2O3.C9H17N.C2H6/c1-3-4-5-9-12-22(23-24(25)26)18(2)17-27-21-15-13-20(14-16-21)19-10-7-6-8-11-19;1-4-6-7-9(3)10-8-5-2;1-2/h6-8,10-11,18,20-23H,3-5,9,12-17H2,1-2H3;5,8H,4,6-7H2,1-3H3;1-2H3/b;8-5-,10-9?;. The zero-order chi connectivity index (χ0) is 29.3. The minimum Gasteiger partial charge on any atom is -0.378 e. The van der Waals surface area contributed by atoms with Gasteiger partial charge in [-0.05, 0) is 70.3 Å². The van der Waals surface area contributed by atoms with Crippen molar-refractivity contribution in [2.45, 2.75) is 144 Å². The fourth-order valence-electron chi connectivity index (χ4n) is 4.79. The summed E-state index contributed by atoms with van der Waals surface area (Å²) in [7, 11) is 0. The van der Waals surface area contributed by atoms with Gasteiger partial charge in [0.15, 0.2) is 5.03 Å². The molecule has 1 aromatic carbocycles. The van der Waals surface area contributed by atoms with Gasteiger partial charge in [-0.2, -0.15) is 0 Å². The molecule has 0 aliphatic heterocycles. The van der Waals surface area contributed by atoms with Gasteiger partial charge in [0.1, 0.15) is 0 Å². The molecular weight excluding hydrogens is 486 g/mol. The highest BCUT2D eigenvalue weighted by Gasteiger charge is 2.26. The van der Waals surface area contributed by atoms with Crippen LogP contribution in [0.1, 0.15) is 137 Å². The van der Waals surface area contributed by atoms with Crippen molar-refractivity contribution < 1.29 is 9.77 Å². The molecule has 1 saturated carbocycles. The lowest BCUT2D eigenvalue weighted by Crippen LogP contribution is -2.41. The second kappa shape index (κ2) is 24.8. The Bertz CT molecular complexity index is 759. The summed E-state index contributed by atoms with van der Waals surface area (Å²) >= 11 is 0. The number of hydrogen-bond donors (Lipinski definition) is 1. The van der Waals surface area contributed by atoms with Crippen LogP contribution in [0.25, 0.3) is 0 Å². The van der Waals surface area contributed by atoms with E-state index < -0.39 is 5.03 Å². The number of rotatable bonds is 16. The molecule has 2 unspecified atom stereocenters. The van der Waals surface area contributed by atoms with E-state index in [0.717, 1.165) is 51.4 Å². The van der Waals surface area contributed by atoms with E-state index in [4.69, 9.17) is 4.74 Å². The van der Waals surface area contributed by atoms with Crippen LogP contribution in [0, 0.1) is 16.0 Å². The van der Waals surface area contributed by atoms with E-state index in [1.807, 2.05) is 33.0 Å². The number of hydrogen-bond acceptors (Lipinski definition) is 4. The first-order valence-electron chi connectivity index (χ1n) is 15.6. The fraction of sp³-hybridized carbons (Fsp3) is 0.727. The van der Waals surface area contributed by atoms with E-state index in [0.29, 0.717) is 18.6 Å². The topological polar surface area (TPSA) is 76.8 Å². The average Bonchev–Trinajstić information content (AvgIpc) is 2.97. The Labute approximate surface area is 240 Å². The Morgan fingerprint density at radius 3 is 2.28 bits per heavy atom. The van der Waals surface area contributed by atoms with Crippen molar-refractivity contribution >= 4 is 5.71 Å². The predicted molar refractivity (Wildman–Crippen MR) is 168 cm³/mol. The van der Waals surface area contributed by atoms with Gasteiger partial charge in [-0.3, -0.25) is 4.99 Å². The maximum Gasteiger partial charge on any atom is 0.157 e. The van der Waals surface area contributed by atoms with Crippen LogP contribution in [0.4, 0.5) is 0 Å². The van der Waals surface area contributed by atoms with Gasteiger partial charge in [-0.1, -0.05) is 103 Å². The third-order valence-electron chi connectivity index (χ3n) is 7.20. The molecule has 2 atom stereocenters. The number of nitro groups is 1. The normalized spacial score (nSPS) is 18.8. The van der Waals surface area contributed by atoms with E-state index in [-0.39, 0.29) is 12.0 Å². The molecule has 2 rings (SSSR count). The zero-order valence-electron chi connectivity index (χ0n) is 26.2. The molecule has 1 aliphatic rings.